The van der Waals surface area contributed by atoms with Crippen molar-refractivity contribution in [2.75, 3.05) is 31.1 Å². The first kappa shape index (κ1) is 12.2. The molecule has 5 heteroatoms. The number of H-pyrrole nitrogens is 1. The Bertz CT molecular complexity index is 505. The van der Waals surface area contributed by atoms with Gasteiger partial charge < -0.3 is 15.2 Å². The number of hydrogen-bond acceptors (Lipinski definition) is 4. The molecule has 1 aliphatic heterocycles. The average molecular weight is 257 g/mol. The summed E-state index contributed by atoms with van der Waals surface area (Å²) in [7, 11) is 0. The Balaban J connectivity index is 1.78. The maximum absolute atomic E-state index is 4.37. The highest BCUT2D eigenvalue weighted by Crippen LogP contribution is 2.18. The van der Waals surface area contributed by atoms with Gasteiger partial charge in [0.1, 0.15) is 0 Å². The normalized spacial score (nSPS) is 20.3. The predicted molar refractivity (Wildman–Crippen MR) is 76.1 cm³/mol. The lowest BCUT2D eigenvalue weighted by molar-refractivity contribution is 0.562. The van der Waals surface area contributed by atoms with Gasteiger partial charge in [-0.2, -0.15) is 0 Å². The first-order valence-corrected chi connectivity index (χ1v) is 6.75. The molecule has 1 atom stereocenters. The molecule has 2 aromatic heterocycles. The smallest absolute Gasteiger partial charge is 0.151 e. The van der Waals surface area contributed by atoms with Crippen molar-refractivity contribution in [2.45, 2.75) is 6.92 Å². The van der Waals surface area contributed by atoms with Gasteiger partial charge in [-0.3, -0.25) is 0 Å². The molecule has 0 bridgehead atoms. The quantitative estimate of drug-likeness (QED) is 0.856. The Morgan fingerprint density at radius 1 is 1.26 bits per heavy atom. The van der Waals surface area contributed by atoms with Crippen LogP contribution >= 0.6 is 0 Å². The molecule has 2 aromatic rings. The third kappa shape index (κ3) is 2.76. The molecule has 1 saturated heterocycles. The minimum atomic E-state index is 0.633. The van der Waals surface area contributed by atoms with Crippen LogP contribution in [0.5, 0.6) is 0 Å². The van der Waals surface area contributed by atoms with Gasteiger partial charge in [-0.1, -0.05) is 6.92 Å². The van der Waals surface area contributed by atoms with Gasteiger partial charge in [0, 0.05) is 37.6 Å². The van der Waals surface area contributed by atoms with Gasteiger partial charge in [-0.25, -0.2) is 0 Å². The standard InChI is InChI=1S/C14H19N5/c1-11-8-16-6-7-19(10-11)14-3-2-13(17-18-14)12-4-5-15-9-12/h2-5,9,11,15-16H,6-8,10H2,1H3. The number of nitrogens with zero attached hydrogens (tertiary/aromatic N) is 3. The van der Waals surface area contributed by atoms with E-state index in [1.165, 1.54) is 0 Å². The molecule has 0 radical (unpaired) electrons. The van der Waals surface area contributed by atoms with E-state index in [-0.39, 0.29) is 0 Å². The van der Waals surface area contributed by atoms with Crippen molar-refractivity contribution >= 4 is 5.82 Å². The van der Waals surface area contributed by atoms with Gasteiger partial charge in [-0.15, -0.1) is 10.2 Å². The molecule has 1 aliphatic rings. The zero-order chi connectivity index (χ0) is 13.1. The molecule has 3 heterocycles. The highest BCUT2D eigenvalue weighted by Gasteiger charge is 2.16. The fourth-order valence-electron chi connectivity index (χ4n) is 2.43. The molecule has 1 fully saturated rings. The number of aromatic nitrogens is 3. The van der Waals surface area contributed by atoms with E-state index in [1.54, 1.807) is 0 Å². The summed E-state index contributed by atoms with van der Waals surface area (Å²) in [6, 6.07) is 6.10. The summed E-state index contributed by atoms with van der Waals surface area (Å²) < 4.78 is 0. The Morgan fingerprint density at radius 3 is 2.95 bits per heavy atom. The fourth-order valence-corrected chi connectivity index (χ4v) is 2.43. The lowest BCUT2D eigenvalue weighted by atomic mass is 10.2. The highest BCUT2D eigenvalue weighted by molar-refractivity contribution is 5.58. The lowest BCUT2D eigenvalue weighted by Crippen LogP contribution is -2.30. The zero-order valence-corrected chi connectivity index (χ0v) is 11.1. The second-order valence-electron chi connectivity index (χ2n) is 5.13. The van der Waals surface area contributed by atoms with Gasteiger partial charge in [0.2, 0.25) is 0 Å². The molecular weight excluding hydrogens is 238 g/mol. The molecule has 1 unspecified atom stereocenters. The SMILES string of the molecule is CC1CNCCN(c2ccc(-c3cc[nH]c3)nn2)C1. The number of nitrogens with one attached hydrogen (secondary N) is 2. The Hall–Kier alpha value is -1.88. The molecule has 19 heavy (non-hydrogen) atoms. The van der Waals surface area contributed by atoms with Crippen LogP contribution in [0, 0.1) is 5.92 Å². The number of rotatable bonds is 2. The zero-order valence-electron chi connectivity index (χ0n) is 11.1. The van der Waals surface area contributed by atoms with Crippen molar-refractivity contribution in [1.82, 2.24) is 20.5 Å². The molecule has 3 rings (SSSR count). The molecule has 0 spiro atoms. The summed E-state index contributed by atoms with van der Waals surface area (Å²) in [6.07, 6.45) is 3.83. The topological polar surface area (TPSA) is 56.8 Å². The lowest BCUT2D eigenvalue weighted by Gasteiger charge is -2.22. The fraction of sp³-hybridized carbons (Fsp3) is 0.429. The molecule has 0 amide bonds. The first-order valence-electron chi connectivity index (χ1n) is 6.75. The second-order valence-corrected chi connectivity index (χ2v) is 5.13. The third-order valence-electron chi connectivity index (χ3n) is 3.45. The number of aromatic amines is 1. The van der Waals surface area contributed by atoms with E-state index in [2.05, 4.69) is 38.4 Å². The predicted octanol–water partition coefficient (Wildman–Crippen LogP) is 1.52. The number of anilines is 1. The Kier molecular flexibility index (Phi) is 3.46. The minimum Gasteiger partial charge on any atom is -0.367 e. The minimum absolute atomic E-state index is 0.633. The first-order chi connectivity index (χ1) is 9.33. The van der Waals surface area contributed by atoms with Crippen LogP contribution in [0.1, 0.15) is 6.92 Å². The van der Waals surface area contributed by atoms with E-state index in [0.717, 1.165) is 43.3 Å². The van der Waals surface area contributed by atoms with Crippen LogP contribution in [0.4, 0.5) is 5.82 Å². The Labute approximate surface area is 113 Å². The molecule has 2 N–H and O–H groups in total. The second kappa shape index (κ2) is 5.40. The summed E-state index contributed by atoms with van der Waals surface area (Å²) in [6.45, 7) is 6.36. The summed E-state index contributed by atoms with van der Waals surface area (Å²) in [5.41, 5.74) is 1.98. The van der Waals surface area contributed by atoms with Crippen molar-refractivity contribution in [2.24, 2.45) is 5.92 Å². The maximum atomic E-state index is 4.37. The largest absolute Gasteiger partial charge is 0.367 e. The van der Waals surface area contributed by atoms with Crippen LogP contribution in [-0.4, -0.2) is 41.4 Å². The van der Waals surface area contributed by atoms with Gasteiger partial charge in [0.15, 0.2) is 5.82 Å². The van der Waals surface area contributed by atoms with Crippen LogP contribution in [0.3, 0.4) is 0 Å². The average Bonchev–Trinajstić information content (AvgIpc) is 2.88. The summed E-state index contributed by atoms with van der Waals surface area (Å²) in [5.74, 6) is 1.60. The summed E-state index contributed by atoms with van der Waals surface area (Å²) in [4.78, 5) is 5.34. The summed E-state index contributed by atoms with van der Waals surface area (Å²) >= 11 is 0. The monoisotopic (exact) mass is 257 g/mol. The molecular formula is C14H19N5. The third-order valence-corrected chi connectivity index (χ3v) is 3.45. The summed E-state index contributed by atoms with van der Waals surface area (Å²) in [5, 5.41) is 12.1. The van der Waals surface area contributed by atoms with Crippen molar-refractivity contribution < 1.29 is 0 Å². The van der Waals surface area contributed by atoms with Gasteiger partial charge >= 0.3 is 0 Å². The van der Waals surface area contributed by atoms with Crippen LogP contribution in [0.25, 0.3) is 11.3 Å². The van der Waals surface area contributed by atoms with Gasteiger partial charge in [0.25, 0.3) is 0 Å². The Morgan fingerprint density at radius 2 is 2.21 bits per heavy atom. The van der Waals surface area contributed by atoms with Gasteiger partial charge in [0.05, 0.1) is 5.69 Å². The van der Waals surface area contributed by atoms with E-state index < -0.39 is 0 Å². The van der Waals surface area contributed by atoms with Crippen molar-refractivity contribution in [3.05, 3.63) is 30.6 Å². The van der Waals surface area contributed by atoms with Crippen LogP contribution in [0.15, 0.2) is 30.6 Å². The molecule has 0 aromatic carbocycles. The van der Waals surface area contributed by atoms with E-state index in [4.69, 9.17) is 0 Å². The van der Waals surface area contributed by atoms with E-state index in [1.807, 2.05) is 24.5 Å². The van der Waals surface area contributed by atoms with Crippen LogP contribution in [-0.2, 0) is 0 Å². The highest BCUT2D eigenvalue weighted by atomic mass is 15.3. The van der Waals surface area contributed by atoms with Crippen LogP contribution in [0.2, 0.25) is 0 Å². The van der Waals surface area contributed by atoms with Crippen LogP contribution < -0.4 is 10.2 Å². The van der Waals surface area contributed by atoms with Crippen molar-refractivity contribution in [3.63, 3.8) is 0 Å². The van der Waals surface area contributed by atoms with E-state index in [0.29, 0.717) is 5.92 Å². The molecule has 5 nitrogen and oxygen atoms in total. The maximum Gasteiger partial charge on any atom is 0.151 e. The molecule has 0 aliphatic carbocycles. The molecule has 0 saturated carbocycles. The van der Waals surface area contributed by atoms with Gasteiger partial charge in [-0.05, 0) is 30.7 Å². The molecule has 100 valence electrons. The number of hydrogen-bond donors (Lipinski definition) is 2. The van der Waals surface area contributed by atoms with Crippen molar-refractivity contribution in [1.29, 1.82) is 0 Å². The van der Waals surface area contributed by atoms with E-state index in [9.17, 15) is 0 Å². The van der Waals surface area contributed by atoms with Crippen molar-refractivity contribution in [3.8, 4) is 11.3 Å². The van der Waals surface area contributed by atoms with E-state index >= 15 is 0 Å².